The zero-order valence-electron chi connectivity index (χ0n) is 11.7. The molecule has 112 valence electrons. The van der Waals surface area contributed by atoms with Crippen molar-refractivity contribution in [3.63, 3.8) is 0 Å². The lowest BCUT2D eigenvalue weighted by Crippen LogP contribution is -2.48. The monoisotopic (exact) mass is 308 g/mol. The Bertz CT molecular complexity index is 403. The average molecular weight is 308 g/mol. The molecule has 1 aliphatic rings. The van der Waals surface area contributed by atoms with E-state index in [1.54, 1.807) is 7.05 Å². The van der Waals surface area contributed by atoms with Gasteiger partial charge in [0.05, 0.1) is 0 Å². The van der Waals surface area contributed by atoms with Gasteiger partial charge in [-0.25, -0.2) is 12.7 Å². The average Bonchev–Trinajstić information content (AvgIpc) is 2.38. The van der Waals surface area contributed by atoms with Crippen molar-refractivity contribution in [1.82, 2.24) is 14.9 Å². The lowest BCUT2D eigenvalue weighted by molar-refractivity contribution is 0.297. The van der Waals surface area contributed by atoms with Crippen LogP contribution in [0.15, 0.2) is 0 Å². The summed E-state index contributed by atoms with van der Waals surface area (Å²) in [7, 11) is 1.45. The molecule has 1 rings (SSSR count). The van der Waals surface area contributed by atoms with Crippen LogP contribution >= 0.6 is 12.2 Å². The number of rotatable bonds is 4. The molecule has 0 radical (unpaired) electrons. The van der Waals surface area contributed by atoms with Gasteiger partial charge in [0.1, 0.15) is 5.37 Å². The molecule has 1 aliphatic carbocycles. The summed E-state index contributed by atoms with van der Waals surface area (Å²) in [5.41, 5.74) is 5.91. The van der Waals surface area contributed by atoms with Crippen LogP contribution in [0.5, 0.6) is 0 Å². The van der Waals surface area contributed by atoms with Gasteiger partial charge in [0.25, 0.3) is 0 Å². The number of nitrogens with two attached hydrogens (primary N) is 1. The zero-order valence-corrected chi connectivity index (χ0v) is 13.4. The summed E-state index contributed by atoms with van der Waals surface area (Å²) >= 11 is 5.06. The van der Waals surface area contributed by atoms with Crippen LogP contribution in [0.2, 0.25) is 0 Å². The van der Waals surface area contributed by atoms with Crippen LogP contribution in [0.25, 0.3) is 0 Å². The van der Waals surface area contributed by atoms with Crippen LogP contribution in [0.1, 0.15) is 25.7 Å². The van der Waals surface area contributed by atoms with Gasteiger partial charge in [0.2, 0.25) is 10.0 Å². The molecule has 0 aliphatic heterocycles. The van der Waals surface area contributed by atoms with Crippen molar-refractivity contribution in [2.45, 2.75) is 37.1 Å². The SMILES string of the molecule is CNC(=S)NC1CCC(C(N)S(=O)(=O)N(C)C)CC1. The molecule has 1 saturated carbocycles. The minimum atomic E-state index is -3.37. The van der Waals surface area contributed by atoms with Crippen LogP contribution in [0, 0.1) is 5.92 Å². The molecule has 0 aromatic rings. The molecule has 0 aromatic heterocycles. The van der Waals surface area contributed by atoms with E-state index in [-0.39, 0.29) is 5.92 Å². The molecule has 1 atom stereocenters. The maximum absolute atomic E-state index is 12.0. The molecule has 0 bridgehead atoms. The summed E-state index contributed by atoms with van der Waals surface area (Å²) in [5.74, 6) is 0.0219. The van der Waals surface area contributed by atoms with E-state index in [9.17, 15) is 8.42 Å². The first-order valence-electron chi connectivity index (χ1n) is 6.44. The van der Waals surface area contributed by atoms with E-state index in [1.807, 2.05) is 0 Å². The number of hydrogen-bond acceptors (Lipinski definition) is 4. The minimum absolute atomic E-state index is 0.0219. The molecular weight excluding hydrogens is 284 g/mol. The van der Waals surface area contributed by atoms with Crippen molar-refractivity contribution in [2.24, 2.45) is 11.7 Å². The highest BCUT2D eigenvalue weighted by molar-refractivity contribution is 7.89. The van der Waals surface area contributed by atoms with Crippen LogP contribution in [-0.2, 0) is 10.0 Å². The van der Waals surface area contributed by atoms with Crippen LogP contribution in [0.4, 0.5) is 0 Å². The summed E-state index contributed by atoms with van der Waals surface area (Å²) in [5, 5.41) is 5.91. The van der Waals surface area contributed by atoms with Crippen molar-refractivity contribution >= 4 is 27.4 Å². The van der Waals surface area contributed by atoms with Gasteiger partial charge in [-0.3, -0.25) is 0 Å². The second-order valence-electron chi connectivity index (χ2n) is 5.13. The quantitative estimate of drug-likeness (QED) is 0.624. The third-order valence-electron chi connectivity index (χ3n) is 3.65. The lowest BCUT2D eigenvalue weighted by Gasteiger charge is -2.33. The van der Waals surface area contributed by atoms with E-state index >= 15 is 0 Å². The predicted octanol–water partition coefficient (Wildman–Crippen LogP) is -0.185. The Kier molecular flexibility index (Phi) is 5.97. The Morgan fingerprint density at radius 2 is 1.84 bits per heavy atom. The van der Waals surface area contributed by atoms with Gasteiger partial charge in [-0.15, -0.1) is 0 Å². The Morgan fingerprint density at radius 1 is 1.32 bits per heavy atom. The standard InChI is InChI=1S/C11H24N4O2S2/c1-13-11(18)14-9-6-4-8(5-7-9)10(12)19(16,17)15(2)3/h8-10H,4-7,12H2,1-3H3,(H2,13,14,18). The fraction of sp³-hybridized carbons (Fsp3) is 0.909. The maximum Gasteiger partial charge on any atom is 0.229 e. The number of thiocarbonyl (C=S) groups is 1. The molecule has 0 saturated heterocycles. The summed E-state index contributed by atoms with van der Waals surface area (Å²) < 4.78 is 25.2. The van der Waals surface area contributed by atoms with E-state index in [1.165, 1.54) is 18.4 Å². The molecular formula is C11H24N4O2S2. The molecule has 4 N–H and O–H groups in total. The minimum Gasteiger partial charge on any atom is -0.366 e. The summed E-state index contributed by atoms with van der Waals surface area (Å²) in [6.45, 7) is 0. The van der Waals surface area contributed by atoms with Gasteiger partial charge >= 0.3 is 0 Å². The smallest absolute Gasteiger partial charge is 0.229 e. The fourth-order valence-electron chi connectivity index (χ4n) is 2.34. The summed E-state index contributed by atoms with van der Waals surface area (Å²) in [4.78, 5) is 0. The van der Waals surface area contributed by atoms with Crippen LogP contribution in [0.3, 0.4) is 0 Å². The molecule has 0 amide bonds. The molecule has 0 spiro atoms. The first-order chi connectivity index (χ1) is 8.78. The summed E-state index contributed by atoms with van der Waals surface area (Å²) in [6, 6.07) is 0.311. The van der Waals surface area contributed by atoms with E-state index < -0.39 is 15.4 Å². The van der Waals surface area contributed by atoms with Crippen LogP contribution < -0.4 is 16.4 Å². The Balaban J connectivity index is 2.52. The molecule has 8 heteroatoms. The molecule has 1 fully saturated rings. The van der Waals surface area contributed by atoms with Gasteiger partial charge in [-0.1, -0.05) is 0 Å². The number of nitrogens with zero attached hydrogens (tertiary/aromatic N) is 1. The van der Waals surface area contributed by atoms with Gasteiger partial charge in [0, 0.05) is 27.2 Å². The van der Waals surface area contributed by atoms with E-state index in [0.29, 0.717) is 11.2 Å². The van der Waals surface area contributed by atoms with E-state index in [2.05, 4.69) is 10.6 Å². The largest absolute Gasteiger partial charge is 0.366 e. The Hall–Kier alpha value is -0.440. The van der Waals surface area contributed by atoms with Gasteiger partial charge in [-0.05, 0) is 43.8 Å². The topological polar surface area (TPSA) is 87.5 Å². The predicted molar refractivity (Wildman–Crippen MR) is 81.1 cm³/mol. The third kappa shape index (κ3) is 4.27. The molecule has 19 heavy (non-hydrogen) atoms. The lowest BCUT2D eigenvalue weighted by atomic mass is 9.86. The highest BCUT2D eigenvalue weighted by atomic mass is 32.2. The molecule has 6 nitrogen and oxygen atoms in total. The molecule has 1 unspecified atom stereocenters. The number of nitrogens with one attached hydrogen (secondary N) is 2. The number of hydrogen-bond donors (Lipinski definition) is 3. The van der Waals surface area contributed by atoms with E-state index in [0.717, 1.165) is 25.7 Å². The second kappa shape index (κ2) is 6.83. The fourth-order valence-corrected chi connectivity index (χ4v) is 3.75. The van der Waals surface area contributed by atoms with Gasteiger partial charge < -0.3 is 16.4 Å². The molecule has 0 aromatic carbocycles. The summed E-state index contributed by atoms with van der Waals surface area (Å²) in [6.07, 6.45) is 3.39. The first-order valence-corrected chi connectivity index (χ1v) is 8.35. The van der Waals surface area contributed by atoms with Gasteiger partial charge in [-0.2, -0.15) is 0 Å². The maximum atomic E-state index is 12.0. The van der Waals surface area contributed by atoms with Gasteiger partial charge in [0.15, 0.2) is 5.11 Å². The third-order valence-corrected chi connectivity index (χ3v) is 6.06. The Morgan fingerprint density at radius 3 is 2.26 bits per heavy atom. The first kappa shape index (κ1) is 16.6. The normalized spacial score (nSPS) is 25.9. The van der Waals surface area contributed by atoms with Crippen molar-refractivity contribution in [3.05, 3.63) is 0 Å². The highest BCUT2D eigenvalue weighted by Crippen LogP contribution is 2.28. The Labute approximate surface area is 121 Å². The number of sulfonamides is 1. The zero-order chi connectivity index (χ0) is 14.6. The van der Waals surface area contributed by atoms with E-state index in [4.69, 9.17) is 18.0 Å². The van der Waals surface area contributed by atoms with Crippen molar-refractivity contribution < 1.29 is 8.42 Å². The highest BCUT2D eigenvalue weighted by Gasteiger charge is 2.34. The van der Waals surface area contributed by atoms with Crippen molar-refractivity contribution in [1.29, 1.82) is 0 Å². The van der Waals surface area contributed by atoms with Crippen molar-refractivity contribution in [2.75, 3.05) is 21.1 Å². The second-order valence-corrected chi connectivity index (χ2v) is 7.84. The molecule has 0 heterocycles. The van der Waals surface area contributed by atoms with Crippen LogP contribution in [-0.4, -0.2) is 50.4 Å². The van der Waals surface area contributed by atoms with Crippen molar-refractivity contribution in [3.8, 4) is 0 Å².